The summed E-state index contributed by atoms with van der Waals surface area (Å²) < 4.78 is 5.35. The molecule has 0 bridgehead atoms. The van der Waals surface area contributed by atoms with Crippen LogP contribution in [0, 0.1) is 12.3 Å². The lowest BCUT2D eigenvalue weighted by molar-refractivity contribution is 0.292. The lowest BCUT2D eigenvalue weighted by Crippen LogP contribution is -2.28. The summed E-state index contributed by atoms with van der Waals surface area (Å²) in [4.78, 5) is 0. The van der Waals surface area contributed by atoms with E-state index in [0.717, 1.165) is 30.9 Å². The Labute approximate surface area is 108 Å². The van der Waals surface area contributed by atoms with Gasteiger partial charge in [-0.2, -0.15) is 0 Å². The maximum absolute atomic E-state index is 8.59. The Bertz CT molecular complexity index is 374. The summed E-state index contributed by atoms with van der Waals surface area (Å²) in [5.74, 6) is 3.24. The fourth-order valence-corrected chi connectivity index (χ4v) is 1.48. The molecule has 0 unspecified atom stereocenters. The molecule has 0 saturated carbocycles. The van der Waals surface area contributed by atoms with Crippen molar-refractivity contribution in [1.29, 1.82) is 0 Å². The Morgan fingerprint density at radius 3 is 2.83 bits per heavy atom. The highest BCUT2D eigenvalue weighted by atomic mass is 16.5. The van der Waals surface area contributed by atoms with E-state index in [9.17, 15) is 0 Å². The Hall–Kier alpha value is -1.54. The second kappa shape index (κ2) is 9.49. The summed E-state index contributed by atoms with van der Waals surface area (Å²) in [7, 11) is 0. The molecule has 3 N–H and O–H groups in total. The average Bonchev–Trinajstić information content (AvgIpc) is 2.41. The first kappa shape index (κ1) is 14.5. The molecule has 0 fully saturated rings. The van der Waals surface area contributed by atoms with Gasteiger partial charge in [0.1, 0.15) is 12.4 Å². The maximum atomic E-state index is 8.59. The number of benzene rings is 1. The van der Waals surface area contributed by atoms with Crippen LogP contribution in [0.3, 0.4) is 0 Å². The normalized spacial score (nSPS) is 10.0. The van der Waals surface area contributed by atoms with Crippen molar-refractivity contribution < 1.29 is 9.84 Å². The van der Waals surface area contributed by atoms with Crippen LogP contribution in [0.1, 0.15) is 5.56 Å². The van der Waals surface area contributed by atoms with E-state index >= 15 is 0 Å². The summed E-state index contributed by atoms with van der Waals surface area (Å²) in [6, 6.07) is 7.86. The number of hydrogen-bond acceptors (Lipinski definition) is 4. The third kappa shape index (κ3) is 6.26. The van der Waals surface area contributed by atoms with E-state index in [-0.39, 0.29) is 6.61 Å². The van der Waals surface area contributed by atoms with E-state index in [1.54, 1.807) is 0 Å². The zero-order valence-electron chi connectivity index (χ0n) is 10.5. The zero-order valence-corrected chi connectivity index (χ0v) is 10.5. The predicted octanol–water partition coefficient (Wildman–Crippen LogP) is 0.370. The minimum atomic E-state index is 0.175. The predicted molar refractivity (Wildman–Crippen MR) is 72.4 cm³/mol. The van der Waals surface area contributed by atoms with Crippen LogP contribution in [0.15, 0.2) is 24.3 Å². The smallest absolute Gasteiger partial charge is 0.148 e. The summed E-state index contributed by atoms with van der Waals surface area (Å²) >= 11 is 0. The second-order valence-corrected chi connectivity index (χ2v) is 3.79. The summed E-state index contributed by atoms with van der Waals surface area (Å²) in [6.07, 6.45) is 5.14. The highest BCUT2D eigenvalue weighted by Crippen LogP contribution is 2.12. The quantitative estimate of drug-likeness (QED) is 0.436. The molecule has 0 heterocycles. The Kier molecular flexibility index (Phi) is 7.65. The maximum Gasteiger partial charge on any atom is 0.148 e. The molecule has 0 atom stereocenters. The van der Waals surface area contributed by atoms with E-state index in [0.29, 0.717) is 13.2 Å². The Morgan fingerprint density at radius 2 is 2.06 bits per heavy atom. The van der Waals surface area contributed by atoms with Gasteiger partial charge in [0.25, 0.3) is 0 Å². The topological polar surface area (TPSA) is 53.5 Å². The van der Waals surface area contributed by atoms with Crippen molar-refractivity contribution in [2.24, 2.45) is 0 Å². The SMILES string of the molecule is C#CCOc1cccc(CNCCNCCO)c1. The first-order valence-corrected chi connectivity index (χ1v) is 6.04. The van der Waals surface area contributed by atoms with Crippen molar-refractivity contribution in [3.05, 3.63) is 29.8 Å². The van der Waals surface area contributed by atoms with Gasteiger partial charge in [-0.3, -0.25) is 0 Å². The molecular formula is C14H20N2O2. The largest absolute Gasteiger partial charge is 0.481 e. The lowest BCUT2D eigenvalue weighted by Gasteiger charge is -2.07. The van der Waals surface area contributed by atoms with E-state index < -0.39 is 0 Å². The fraction of sp³-hybridized carbons (Fsp3) is 0.429. The monoisotopic (exact) mass is 248 g/mol. The molecule has 4 heteroatoms. The molecule has 1 rings (SSSR count). The van der Waals surface area contributed by atoms with Crippen LogP contribution in [0.25, 0.3) is 0 Å². The van der Waals surface area contributed by atoms with Crippen molar-refractivity contribution in [2.45, 2.75) is 6.54 Å². The molecule has 0 radical (unpaired) electrons. The third-order valence-corrected chi connectivity index (χ3v) is 2.32. The van der Waals surface area contributed by atoms with E-state index in [4.69, 9.17) is 16.3 Å². The molecule has 4 nitrogen and oxygen atoms in total. The van der Waals surface area contributed by atoms with Crippen LogP contribution in [-0.2, 0) is 6.54 Å². The molecule has 0 saturated heterocycles. The van der Waals surface area contributed by atoms with Crippen LogP contribution >= 0.6 is 0 Å². The van der Waals surface area contributed by atoms with Crippen LogP contribution < -0.4 is 15.4 Å². The first-order valence-electron chi connectivity index (χ1n) is 6.04. The van der Waals surface area contributed by atoms with Crippen molar-refractivity contribution in [2.75, 3.05) is 32.8 Å². The van der Waals surface area contributed by atoms with Crippen molar-refractivity contribution >= 4 is 0 Å². The highest BCUT2D eigenvalue weighted by molar-refractivity contribution is 5.28. The third-order valence-electron chi connectivity index (χ3n) is 2.32. The van der Waals surface area contributed by atoms with Gasteiger partial charge in [-0.05, 0) is 17.7 Å². The molecule has 0 aliphatic carbocycles. The van der Waals surface area contributed by atoms with Crippen LogP contribution in [0.2, 0.25) is 0 Å². The van der Waals surface area contributed by atoms with Gasteiger partial charge in [0.15, 0.2) is 0 Å². The van der Waals surface area contributed by atoms with E-state index in [1.807, 2.05) is 24.3 Å². The van der Waals surface area contributed by atoms with Crippen LogP contribution in [0.4, 0.5) is 0 Å². The van der Waals surface area contributed by atoms with Crippen molar-refractivity contribution in [1.82, 2.24) is 10.6 Å². The van der Waals surface area contributed by atoms with Crippen molar-refractivity contribution in [3.63, 3.8) is 0 Å². The molecular weight excluding hydrogens is 228 g/mol. The number of aliphatic hydroxyl groups is 1. The van der Waals surface area contributed by atoms with Gasteiger partial charge < -0.3 is 20.5 Å². The number of aliphatic hydroxyl groups excluding tert-OH is 1. The van der Waals surface area contributed by atoms with Gasteiger partial charge in [0.2, 0.25) is 0 Å². The number of terminal acetylenes is 1. The number of nitrogens with one attached hydrogen (secondary N) is 2. The summed E-state index contributed by atoms with van der Waals surface area (Å²) in [5, 5.41) is 15.0. The molecule has 0 spiro atoms. The number of hydrogen-bond donors (Lipinski definition) is 3. The molecule has 98 valence electrons. The molecule has 0 amide bonds. The van der Waals surface area contributed by atoms with Crippen LogP contribution in [-0.4, -0.2) is 38.0 Å². The molecule has 18 heavy (non-hydrogen) atoms. The minimum Gasteiger partial charge on any atom is -0.481 e. The Morgan fingerprint density at radius 1 is 1.22 bits per heavy atom. The van der Waals surface area contributed by atoms with Gasteiger partial charge in [-0.1, -0.05) is 18.1 Å². The summed E-state index contributed by atoms with van der Waals surface area (Å²) in [5.41, 5.74) is 1.16. The minimum absolute atomic E-state index is 0.175. The second-order valence-electron chi connectivity index (χ2n) is 3.79. The van der Waals surface area contributed by atoms with Crippen molar-refractivity contribution in [3.8, 4) is 18.1 Å². The number of ether oxygens (including phenoxy) is 1. The molecule has 0 aliphatic heterocycles. The molecule has 1 aromatic rings. The van der Waals surface area contributed by atoms with E-state index in [1.165, 1.54) is 0 Å². The van der Waals surface area contributed by atoms with Gasteiger partial charge in [-0.15, -0.1) is 6.42 Å². The summed E-state index contributed by atoms with van der Waals surface area (Å²) in [6.45, 7) is 3.59. The fourth-order valence-electron chi connectivity index (χ4n) is 1.48. The molecule has 0 aliphatic rings. The van der Waals surface area contributed by atoms with E-state index in [2.05, 4.69) is 16.6 Å². The average molecular weight is 248 g/mol. The lowest BCUT2D eigenvalue weighted by atomic mass is 10.2. The van der Waals surface area contributed by atoms with Gasteiger partial charge in [-0.25, -0.2) is 0 Å². The van der Waals surface area contributed by atoms with Gasteiger partial charge in [0, 0.05) is 26.2 Å². The standard InChI is InChI=1S/C14H20N2O2/c1-2-10-18-14-5-3-4-13(11-14)12-16-7-6-15-8-9-17/h1,3-5,11,15-17H,6-10,12H2. The molecule has 0 aromatic heterocycles. The van der Waals surface area contributed by atoms with Gasteiger partial charge >= 0.3 is 0 Å². The van der Waals surface area contributed by atoms with Gasteiger partial charge in [0.05, 0.1) is 6.61 Å². The first-order chi connectivity index (χ1) is 8.86. The highest BCUT2D eigenvalue weighted by Gasteiger charge is 1.96. The number of rotatable bonds is 9. The zero-order chi connectivity index (χ0) is 13.1. The molecule has 1 aromatic carbocycles. The van der Waals surface area contributed by atoms with Crippen LogP contribution in [0.5, 0.6) is 5.75 Å². The Balaban J connectivity index is 2.23.